The topological polar surface area (TPSA) is 72.8 Å². The fraction of sp³-hybridized carbons (Fsp3) is 0.886. The lowest BCUT2D eigenvalue weighted by molar-refractivity contribution is -0.161. The highest BCUT2D eigenvalue weighted by Gasteiger charge is 2.16. The number of hydrogen-bond donors (Lipinski definition) is 1. The van der Waals surface area contributed by atoms with E-state index in [9.17, 15) is 14.7 Å². The highest BCUT2D eigenvalue weighted by Crippen LogP contribution is 2.14. The van der Waals surface area contributed by atoms with E-state index in [0.717, 1.165) is 44.9 Å². The van der Waals surface area contributed by atoms with Gasteiger partial charge in [0, 0.05) is 12.8 Å². The molecule has 0 fully saturated rings. The van der Waals surface area contributed by atoms with Crippen molar-refractivity contribution in [2.75, 3.05) is 13.2 Å². The van der Waals surface area contributed by atoms with Gasteiger partial charge in [0.2, 0.25) is 0 Å². The smallest absolute Gasteiger partial charge is 0.306 e. The van der Waals surface area contributed by atoms with Crippen LogP contribution in [0.5, 0.6) is 0 Å². The molecule has 5 heteroatoms. The summed E-state index contributed by atoms with van der Waals surface area (Å²) in [5, 5.41) is 9.49. The minimum absolute atomic E-state index is 0.0638. The summed E-state index contributed by atoms with van der Waals surface area (Å²) in [6.45, 7) is 4.10. The molecule has 0 heterocycles. The van der Waals surface area contributed by atoms with Crippen LogP contribution in [0.3, 0.4) is 0 Å². The number of ether oxygens (including phenoxy) is 2. The molecular formula is C35H66O5. The van der Waals surface area contributed by atoms with E-state index < -0.39 is 6.10 Å². The summed E-state index contributed by atoms with van der Waals surface area (Å²) in [5.41, 5.74) is 0. The molecule has 0 aliphatic heterocycles. The molecule has 0 amide bonds. The van der Waals surface area contributed by atoms with Crippen LogP contribution in [0.15, 0.2) is 12.2 Å². The van der Waals surface area contributed by atoms with Crippen LogP contribution in [-0.2, 0) is 19.1 Å². The van der Waals surface area contributed by atoms with E-state index in [4.69, 9.17) is 9.47 Å². The number of carbonyl (C=O) groups excluding carboxylic acids is 2. The van der Waals surface area contributed by atoms with Crippen LogP contribution in [0.2, 0.25) is 0 Å². The summed E-state index contributed by atoms with van der Waals surface area (Å²) in [6.07, 6.45) is 34.0. The van der Waals surface area contributed by atoms with Gasteiger partial charge in [0.15, 0.2) is 6.10 Å². The highest BCUT2D eigenvalue weighted by atomic mass is 16.6. The number of aliphatic hydroxyl groups excluding tert-OH is 1. The Morgan fingerprint density at radius 3 is 1.40 bits per heavy atom. The van der Waals surface area contributed by atoms with E-state index in [-0.39, 0.29) is 25.2 Å². The zero-order valence-electron chi connectivity index (χ0n) is 26.6. The maximum absolute atomic E-state index is 12.1. The lowest BCUT2D eigenvalue weighted by Crippen LogP contribution is -2.28. The normalized spacial score (nSPS) is 12.2. The van der Waals surface area contributed by atoms with Crippen molar-refractivity contribution in [3.63, 3.8) is 0 Å². The number of rotatable bonds is 31. The predicted octanol–water partition coefficient (Wildman–Crippen LogP) is 10.2. The number of carbonyl (C=O) groups is 2. The van der Waals surface area contributed by atoms with Crippen molar-refractivity contribution in [3.05, 3.63) is 12.2 Å². The second kappa shape index (κ2) is 32.2. The molecular weight excluding hydrogens is 500 g/mol. The number of hydrogen-bond acceptors (Lipinski definition) is 5. The fourth-order valence-electron chi connectivity index (χ4n) is 4.90. The molecule has 0 aliphatic carbocycles. The van der Waals surface area contributed by atoms with Crippen molar-refractivity contribution in [3.8, 4) is 0 Å². The molecule has 0 aromatic heterocycles. The Labute approximate surface area is 248 Å². The van der Waals surface area contributed by atoms with Gasteiger partial charge in [-0.15, -0.1) is 0 Å². The Balaban J connectivity index is 3.56. The Bertz CT molecular complexity index is 574. The average Bonchev–Trinajstić information content (AvgIpc) is 2.96. The van der Waals surface area contributed by atoms with Crippen LogP contribution in [0.25, 0.3) is 0 Å². The molecule has 0 aromatic carbocycles. The molecule has 0 saturated heterocycles. The largest absolute Gasteiger partial charge is 0.462 e. The van der Waals surface area contributed by atoms with Crippen molar-refractivity contribution in [1.29, 1.82) is 0 Å². The van der Waals surface area contributed by atoms with Gasteiger partial charge >= 0.3 is 11.9 Å². The fourth-order valence-corrected chi connectivity index (χ4v) is 4.90. The minimum atomic E-state index is -0.767. The number of esters is 2. The summed E-state index contributed by atoms with van der Waals surface area (Å²) < 4.78 is 10.5. The van der Waals surface area contributed by atoms with Crippen molar-refractivity contribution in [2.24, 2.45) is 0 Å². The monoisotopic (exact) mass is 566 g/mol. The van der Waals surface area contributed by atoms with E-state index >= 15 is 0 Å². The van der Waals surface area contributed by atoms with Gasteiger partial charge < -0.3 is 14.6 Å². The van der Waals surface area contributed by atoms with Gasteiger partial charge in [0.05, 0.1) is 6.61 Å². The molecule has 0 radical (unpaired) electrons. The molecule has 0 bridgehead atoms. The molecule has 0 spiro atoms. The van der Waals surface area contributed by atoms with E-state index in [0.29, 0.717) is 12.8 Å². The Hall–Kier alpha value is -1.36. The first-order valence-corrected chi connectivity index (χ1v) is 17.2. The summed E-state index contributed by atoms with van der Waals surface area (Å²) in [7, 11) is 0. The van der Waals surface area contributed by atoms with Gasteiger partial charge in [0.25, 0.3) is 0 Å². The van der Waals surface area contributed by atoms with Gasteiger partial charge in [-0.05, 0) is 38.5 Å². The predicted molar refractivity (Wildman–Crippen MR) is 168 cm³/mol. The zero-order chi connectivity index (χ0) is 29.4. The summed E-state index contributed by atoms with van der Waals surface area (Å²) in [4.78, 5) is 24.1. The molecule has 1 N–H and O–H groups in total. The Morgan fingerprint density at radius 1 is 0.550 bits per heavy atom. The van der Waals surface area contributed by atoms with Crippen molar-refractivity contribution >= 4 is 11.9 Å². The first kappa shape index (κ1) is 38.6. The lowest BCUT2D eigenvalue weighted by atomic mass is 10.0. The van der Waals surface area contributed by atoms with Gasteiger partial charge in [-0.25, -0.2) is 0 Å². The molecule has 0 aromatic rings. The molecule has 0 aliphatic rings. The van der Waals surface area contributed by atoms with Crippen LogP contribution in [-0.4, -0.2) is 36.4 Å². The second-order valence-corrected chi connectivity index (χ2v) is 11.6. The molecule has 1 atom stereocenters. The second-order valence-electron chi connectivity index (χ2n) is 11.6. The summed E-state index contributed by atoms with van der Waals surface area (Å²) >= 11 is 0. The molecule has 0 unspecified atom stereocenters. The van der Waals surface area contributed by atoms with Crippen molar-refractivity contribution < 1.29 is 24.2 Å². The first-order valence-electron chi connectivity index (χ1n) is 17.2. The van der Waals surface area contributed by atoms with Crippen molar-refractivity contribution in [1.82, 2.24) is 0 Å². The van der Waals surface area contributed by atoms with Crippen LogP contribution in [0.4, 0.5) is 0 Å². The average molecular weight is 567 g/mol. The van der Waals surface area contributed by atoms with E-state index in [1.807, 2.05) is 0 Å². The molecule has 5 nitrogen and oxygen atoms in total. The third-order valence-corrected chi connectivity index (χ3v) is 7.56. The number of aliphatic hydroxyl groups is 1. The van der Waals surface area contributed by atoms with Gasteiger partial charge in [-0.3, -0.25) is 9.59 Å². The maximum Gasteiger partial charge on any atom is 0.306 e. The standard InChI is InChI=1S/C35H66O5/c1-3-5-7-9-11-13-15-17-18-20-21-23-25-27-29-34(37)39-32-33(31-36)40-35(38)30-28-26-24-22-19-16-14-12-10-8-6-4-2/h12,14,33,36H,3-11,13,15-32H2,1-2H3/b14-12+/t33-/m0/s1. The Kier molecular flexibility index (Phi) is 31.1. The summed E-state index contributed by atoms with van der Waals surface area (Å²) in [5.74, 6) is -0.596. The molecule has 0 rings (SSSR count). The zero-order valence-corrected chi connectivity index (χ0v) is 26.6. The van der Waals surface area contributed by atoms with Crippen LogP contribution in [0, 0.1) is 0 Å². The molecule has 236 valence electrons. The molecule has 0 saturated carbocycles. The van der Waals surface area contributed by atoms with E-state index in [1.165, 1.54) is 109 Å². The summed E-state index contributed by atoms with van der Waals surface area (Å²) in [6, 6.07) is 0. The van der Waals surface area contributed by atoms with Gasteiger partial charge in [-0.2, -0.15) is 0 Å². The third-order valence-electron chi connectivity index (χ3n) is 7.56. The minimum Gasteiger partial charge on any atom is -0.462 e. The Morgan fingerprint density at radius 2 is 0.925 bits per heavy atom. The maximum atomic E-state index is 12.1. The van der Waals surface area contributed by atoms with E-state index in [1.54, 1.807) is 0 Å². The third kappa shape index (κ3) is 29.6. The SMILES string of the molecule is CCCCC/C=C/CCCCCCCC(=O)O[C@@H](CO)COC(=O)CCCCCCCCCCCCCCCC. The van der Waals surface area contributed by atoms with Crippen LogP contribution < -0.4 is 0 Å². The number of unbranched alkanes of at least 4 members (excludes halogenated alkanes) is 21. The molecule has 40 heavy (non-hydrogen) atoms. The van der Waals surface area contributed by atoms with Crippen molar-refractivity contribution in [2.45, 2.75) is 187 Å². The van der Waals surface area contributed by atoms with Gasteiger partial charge in [0.1, 0.15) is 6.61 Å². The quantitative estimate of drug-likeness (QED) is 0.0513. The van der Waals surface area contributed by atoms with Gasteiger partial charge in [-0.1, -0.05) is 142 Å². The highest BCUT2D eigenvalue weighted by molar-refractivity contribution is 5.70. The lowest BCUT2D eigenvalue weighted by Gasteiger charge is -2.15. The van der Waals surface area contributed by atoms with Crippen LogP contribution >= 0.6 is 0 Å². The first-order chi connectivity index (χ1) is 19.6. The van der Waals surface area contributed by atoms with E-state index in [2.05, 4.69) is 26.0 Å². The number of allylic oxidation sites excluding steroid dienone is 2. The van der Waals surface area contributed by atoms with Crippen LogP contribution in [0.1, 0.15) is 181 Å².